The normalized spacial score (nSPS) is 10.9. The van der Waals surface area contributed by atoms with E-state index < -0.39 is 5.97 Å². The van der Waals surface area contributed by atoms with Crippen molar-refractivity contribution in [1.82, 2.24) is 0 Å². The number of hydrogen-bond donors (Lipinski definition) is 1. The lowest BCUT2D eigenvalue weighted by molar-refractivity contribution is 0.0697. The van der Waals surface area contributed by atoms with Crippen LogP contribution in [-0.2, 0) is 0 Å². The monoisotopic (exact) mass is 337 g/mol. The van der Waals surface area contributed by atoms with Gasteiger partial charge in [-0.15, -0.1) is 5.11 Å². The van der Waals surface area contributed by atoms with Crippen molar-refractivity contribution in [1.29, 1.82) is 0 Å². The predicted molar refractivity (Wildman–Crippen MR) is 88.4 cm³/mol. The number of benzene rings is 2. The third kappa shape index (κ3) is 3.75. The van der Waals surface area contributed by atoms with Gasteiger partial charge in [-0.2, -0.15) is 5.11 Å². The minimum Gasteiger partial charge on any atom is -0.478 e. The van der Waals surface area contributed by atoms with E-state index in [-0.39, 0.29) is 21.3 Å². The van der Waals surface area contributed by atoms with Gasteiger partial charge in [-0.05, 0) is 36.4 Å². The fraction of sp³-hybridized carbons (Fsp3) is 0.133. The Morgan fingerprint density at radius 1 is 1.05 bits per heavy atom. The van der Waals surface area contributed by atoms with Gasteiger partial charge in [0.25, 0.3) is 0 Å². The smallest absolute Gasteiger partial charge is 0.335 e. The lowest BCUT2D eigenvalue weighted by Gasteiger charge is -2.11. The highest BCUT2D eigenvalue weighted by Gasteiger charge is 2.12. The summed E-state index contributed by atoms with van der Waals surface area (Å²) in [5.41, 5.74) is 1.93. The summed E-state index contributed by atoms with van der Waals surface area (Å²) in [5.74, 6) is -1.11. The first kappa shape index (κ1) is 16.3. The van der Waals surface area contributed by atoms with Crippen molar-refractivity contribution >= 4 is 46.2 Å². The van der Waals surface area contributed by atoms with Crippen molar-refractivity contribution in [3.8, 4) is 0 Å². The highest BCUT2D eigenvalue weighted by molar-refractivity contribution is 6.39. The fourth-order valence-corrected chi connectivity index (χ4v) is 2.27. The third-order valence-electron chi connectivity index (χ3n) is 2.90. The molecule has 5 nitrogen and oxygen atoms in total. The average Bonchev–Trinajstić information content (AvgIpc) is 2.46. The van der Waals surface area contributed by atoms with Gasteiger partial charge in [-0.25, -0.2) is 4.79 Å². The Morgan fingerprint density at radius 3 is 2.05 bits per heavy atom. The molecule has 0 saturated carbocycles. The standard InChI is InChI=1S/C15H13Cl2N3O2/c1-20(2)11-5-3-10(4-6-11)18-19-14-12(16)7-9(15(21)22)8-13(14)17/h3-8H,1-2H3,(H,21,22). The Labute approximate surface area is 137 Å². The molecule has 0 radical (unpaired) electrons. The fourth-order valence-electron chi connectivity index (χ4n) is 1.71. The second-order valence-corrected chi connectivity index (χ2v) is 5.52. The molecule has 0 aliphatic rings. The molecule has 0 bridgehead atoms. The van der Waals surface area contributed by atoms with Crippen LogP contribution in [0.25, 0.3) is 0 Å². The Morgan fingerprint density at radius 2 is 1.59 bits per heavy atom. The van der Waals surface area contributed by atoms with Gasteiger partial charge in [-0.3, -0.25) is 0 Å². The first-order valence-electron chi connectivity index (χ1n) is 6.30. The number of anilines is 1. The average molecular weight is 338 g/mol. The molecule has 0 aliphatic carbocycles. The molecule has 0 unspecified atom stereocenters. The van der Waals surface area contributed by atoms with E-state index in [0.29, 0.717) is 5.69 Å². The van der Waals surface area contributed by atoms with Crippen molar-refractivity contribution in [2.75, 3.05) is 19.0 Å². The number of carboxylic acid groups (broad SMARTS) is 1. The van der Waals surface area contributed by atoms with Gasteiger partial charge < -0.3 is 10.0 Å². The number of carbonyl (C=O) groups is 1. The van der Waals surface area contributed by atoms with Crippen LogP contribution in [0, 0.1) is 0 Å². The zero-order valence-corrected chi connectivity index (χ0v) is 13.4. The second kappa shape index (κ2) is 6.77. The molecule has 0 fully saturated rings. The maximum absolute atomic E-state index is 10.9. The van der Waals surface area contributed by atoms with Gasteiger partial charge >= 0.3 is 5.97 Å². The van der Waals surface area contributed by atoms with E-state index in [0.717, 1.165) is 5.69 Å². The summed E-state index contributed by atoms with van der Waals surface area (Å²) in [6.45, 7) is 0. The first-order valence-corrected chi connectivity index (χ1v) is 7.05. The molecule has 2 rings (SSSR count). The highest BCUT2D eigenvalue weighted by atomic mass is 35.5. The van der Waals surface area contributed by atoms with Crippen LogP contribution < -0.4 is 4.90 Å². The number of hydrogen-bond acceptors (Lipinski definition) is 4. The lowest BCUT2D eigenvalue weighted by atomic mass is 10.2. The Balaban J connectivity index is 2.28. The Hall–Kier alpha value is -2.11. The summed E-state index contributed by atoms with van der Waals surface area (Å²) in [7, 11) is 3.89. The molecule has 2 aromatic rings. The summed E-state index contributed by atoms with van der Waals surface area (Å²) < 4.78 is 0. The first-order chi connectivity index (χ1) is 10.4. The van der Waals surface area contributed by atoms with Crippen LogP contribution in [0.5, 0.6) is 0 Å². The molecule has 7 heteroatoms. The number of aromatic carboxylic acids is 1. The predicted octanol–water partition coefficient (Wildman–Crippen LogP) is 5.17. The SMILES string of the molecule is CN(C)c1ccc(N=Nc2c(Cl)cc(C(=O)O)cc2Cl)cc1. The minimum absolute atomic E-state index is 0.00397. The molecule has 2 aromatic carbocycles. The van der Waals surface area contributed by atoms with Crippen molar-refractivity contribution in [2.45, 2.75) is 0 Å². The maximum atomic E-state index is 10.9. The van der Waals surface area contributed by atoms with Gasteiger partial charge in [0.2, 0.25) is 0 Å². The van der Waals surface area contributed by atoms with E-state index in [9.17, 15) is 4.79 Å². The van der Waals surface area contributed by atoms with E-state index >= 15 is 0 Å². The summed E-state index contributed by atoms with van der Waals surface area (Å²) in [6, 6.07) is 10.0. The Bertz CT molecular complexity index is 705. The van der Waals surface area contributed by atoms with Gasteiger partial charge in [-0.1, -0.05) is 23.2 Å². The van der Waals surface area contributed by atoms with Gasteiger partial charge in [0.05, 0.1) is 21.3 Å². The van der Waals surface area contributed by atoms with E-state index in [1.54, 1.807) is 0 Å². The minimum atomic E-state index is -1.11. The molecule has 0 aliphatic heterocycles. The molecule has 0 spiro atoms. The molecular weight excluding hydrogens is 325 g/mol. The zero-order valence-electron chi connectivity index (χ0n) is 11.9. The molecule has 0 atom stereocenters. The van der Waals surface area contributed by atoms with Crippen LogP contribution in [0.1, 0.15) is 10.4 Å². The van der Waals surface area contributed by atoms with Gasteiger partial charge in [0.1, 0.15) is 5.69 Å². The molecule has 0 heterocycles. The van der Waals surface area contributed by atoms with Gasteiger partial charge in [0, 0.05) is 19.8 Å². The molecule has 0 amide bonds. The third-order valence-corrected chi connectivity index (χ3v) is 3.47. The summed E-state index contributed by atoms with van der Waals surface area (Å²) >= 11 is 12.0. The van der Waals surface area contributed by atoms with Gasteiger partial charge in [0.15, 0.2) is 0 Å². The Kier molecular flexibility index (Phi) is 5.00. The number of carboxylic acids is 1. The maximum Gasteiger partial charge on any atom is 0.335 e. The second-order valence-electron chi connectivity index (χ2n) is 4.70. The topological polar surface area (TPSA) is 65.3 Å². The molecule has 114 valence electrons. The molecule has 22 heavy (non-hydrogen) atoms. The van der Waals surface area contributed by atoms with Crippen LogP contribution in [0.2, 0.25) is 10.0 Å². The van der Waals surface area contributed by atoms with E-state index in [1.165, 1.54) is 12.1 Å². The van der Waals surface area contributed by atoms with Crippen LogP contribution in [0.15, 0.2) is 46.6 Å². The summed E-state index contributed by atoms with van der Waals surface area (Å²) in [6.07, 6.45) is 0. The molecular formula is C15H13Cl2N3O2. The lowest BCUT2D eigenvalue weighted by Crippen LogP contribution is -2.07. The quantitative estimate of drug-likeness (QED) is 0.782. The number of nitrogens with zero attached hydrogens (tertiary/aromatic N) is 3. The van der Waals surface area contributed by atoms with Crippen LogP contribution in [0.4, 0.5) is 17.1 Å². The summed E-state index contributed by atoms with van der Waals surface area (Å²) in [4.78, 5) is 12.9. The van der Waals surface area contributed by atoms with Crippen LogP contribution in [-0.4, -0.2) is 25.2 Å². The number of rotatable bonds is 4. The molecule has 1 N–H and O–H groups in total. The van der Waals surface area contributed by atoms with Crippen molar-refractivity contribution in [2.24, 2.45) is 10.2 Å². The van der Waals surface area contributed by atoms with E-state index in [1.807, 2.05) is 43.3 Å². The van der Waals surface area contributed by atoms with Crippen molar-refractivity contribution < 1.29 is 9.90 Å². The number of halogens is 2. The zero-order chi connectivity index (χ0) is 16.3. The van der Waals surface area contributed by atoms with Crippen LogP contribution >= 0.6 is 23.2 Å². The molecule has 0 saturated heterocycles. The van der Waals surface area contributed by atoms with E-state index in [4.69, 9.17) is 28.3 Å². The summed E-state index contributed by atoms with van der Waals surface area (Å²) in [5, 5.41) is 17.3. The van der Waals surface area contributed by atoms with E-state index in [2.05, 4.69) is 10.2 Å². The number of azo groups is 1. The molecule has 0 aromatic heterocycles. The highest BCUT2D eigenvalue weighted by Crippen LogP contribution is 2.35. The van der Waals surface area contributed by atoms with Crippen molar-refractivity contribution in [3.63, 3.8) is 0 Å². The van der Waals surface area contributed by atoms with Crippen LogP contribution in [0.3, 0.4) is 0 Å². The largest absolute Gasteiger partial charge is 0.478 e. The van der Waals surface area contributed by atoms with Crippen molar-refractivity contribution in [3.05, 3.63) is 52.0 Å².